The first kappa shape index (κ1) is 14.1. The van der Waals surface area contributed by atoms with Crippen molar-refractivity contribution in [2.45, 2.75) is 70.8 Å². The van der Waals surface area contributed by atoms with Gasteiger partial charge >= 0.3 is 0 Å². The third-order valence-electron chi connectivity index (χ3n) is 4.14. The fourth-order valence-corrected chi connectivity index (χ4v) is 4.14. The molecule has 1 unspecified atom stereocenters. The largest absolute Gasteiger partial charge is 0.327 e. The molecule has 1 nitrogen and oxygen atoms in total. The van der Waals surface area contributed by atoms with E-state index in [2.05, 4.69) is 19.1 Å². The fourth-order valence-electron chi connectivity index (χ4n) is 3.09. The summed E-state index contributed by atoms with van der Waals surface area (Å²) in [5, 5.41) is 0. The molecule has 102 valence electrons. The molecule has 0 aromatic carbocycles. The van der Waals surface area contributed by atoms with Crippen LogP contribution in [0.15, 0.2) is 12.1 Å². The maximum Gasteiger partial charge on any atom is 0.00898 e. The van der Waals surface area contributed by atoms with E-state index in [0.717, 1.165) is 18.8 Å². The summed E-state index contributed by atoms with van der Waals surface area (Å²) in [6, 6.07) is 4.91. The molecule has 1 aliphatic carbocycles. The van der Waals surface area contributed by atoms with Crippen molar-refractivity contribution in [3.8, 4) is 0 Å². The minimum absolute atomic E-state index is 0.372. The van der Waals surface area contributed by atoms with Crippen LogP contribution >= 0.6 is 11.3 Å². The molecule has 1 aliphatic rings. The van der Waals surface area contributed by atoms with Gasteiger partial charge in [-0.2, -0.15) is 0 Å². The Morgan fingerprint density at radius 2 is 1.83 bits per heavy atom. The summed E-state index contributed by atoms with van der Waals surface area (Å²) in [5.74, 6) is 0.896. The van der Waals surface area contributed by atoms with E-state index >= 15 is 0 Å². The number of hydrogen-bond acceptors (Lipinski definition) is 2. The summed E-state index contributed by atoms with van der Waals surface area (Å²) in [6.07, 6.45) is 12.0. The molecule has 2 N–H and O–H groups in total. The van der Waals surface area contributed by atoms with E-state index in [1.54, 1.807) is 0 Å². The smallest absolute Gasteiger partial charge is 0.00898 e. The van der Waals surface area contributed by atoms with E-state index in [4.69, 9.17) is 5.73 Å². The molecule has 0 bridgehead atoms. The van der Waals surface area contributed by atoms with Crippen molar-refractivity contribution in [2.24, 2.45) is 11.7 Å². The maximum atomic E-state index is 6.34. The molecule has 0 spiro atoms. The summed E-state index contributed by atoms with van der Waals surface area (Å²) in [4.78, 5) is 2.97. The zero-order valence-electron chi connectivity index (χ0n) is 11.7. The summed E-state index contributed by atoms with van der Waals surface area (Å²) in [7, 11) is 0. The second-order valence-corrected chi connectivity index (χ2v) is 7.03. The minimum Gasteiger partial charge on any atom is -0.327 e. The Kier molecular flexibility index (Phi) is 5.71. The predicted molar refractivity (Wildman–Crippen MR) is 81.2 cm³/mol. The van der Waals surface area contributed by atoms with Crippen molar-refractivity contribution < 1.29 is 0 Å². The second kappa shape index (κ2) is 7.30. The molecular formula is C16H27NS. The summed E-state index contributed by atoms with van der Waals surface area (Å²) < 4.78 is 0. The number of nitrogens with two attached hydrogens (primary N) is 1. The van der Waals surface area contributed by atoms with Gasteiger partial charge in [-0.25, -0.2) is 0 Å². The van der Waals surface area contributed by atoms with Crippen LogP contribution in [-0.2, 0) is 12.8 Å². The number of rotatable bonds is 5. The van der Waals surface area contributed by atoms with Crippen molar-refractivity contribution in [2.75, 3.05) is 0 Å². The monoisotopic (exact) mass is 265 g/mol. The van der Waals surface area contributed by atoms with Gasteiger partial charge in [0, 0.05) is 15.8 Å². The molecule has 1 aromatic rings. The van der Waals surface area contributed by atoms with Gasteiger partial charge in [0.05, 0.1) is 0 Å². The van der Waals surface area contributed by atoms with E-state index in [9.17, 15) is 0 Å². The van der Waals surface area contributed by atoms with Gasteiger partial charge in [-0.15, -0.1) is 11.3 Å². The molecule has 2 heteroatoms. The molecule has 0 saturated heterocycles. The van der Waals surface area contributed by atoms with Gasteiger partial charge in [-0.3, -0.25) is 0 Å². The Labute approximate surface area is 116 Å². The van der Waals surface area contributed by atoms with E-state index in [1.165, 1.54) is 54.7 Å². The molecule has 1 atom stereocenters. The van der Waals surface area contributed by atoms with E-state index in [-0.39, 0.29) is 0 Å². The SMILES string of the molecule is CCc1ccc(CC(N)CC2CCCCCC2)s1. The zero-order chi connectivity index (χ0) is 12.8. The fraction of sp³-hybridized carbons (Fsp3) is 0.750. The molecular weight excluding hydrogens is 238 g/mol. The number of aryl methyl sites for hydroxylation is 1. The molecule has 0 radical (unpaired) electrons. The Morgan fingerprint density at radius 3 is 2.44 bits per heavy atom. The molecule has 0 aliphatic heterocycles. The maximum absolute atomic E-state index is 6.34. The van der Waals surface area contributed by atoms with Gasteiger partial charge in [0.25, 0.3) is 0 Å². The third-order valence-corrected chi connectivity index (χ3v) is 5.39. The van der Waals surface area contributed by atoms with Crippen molar-refractivity contribution in [3.05, 3.63) is 21.9 Å². The van der Waals surface area contributed by atoms with E-state index in [1.807, 2.05) is 11.3 Å². The lowest BCUT2D eigenvalue weighted by atomic mass is 9.91. The van der Waals surface area contributed by atoms with Crippen LogP contribution in [0.25, 0.3) is 0 Å². The average molecular weight is 265 g/mol. The zero-order valence-corrected chi connectivity index (χ0v) is 12.5. The van der Waals surface area contributed by atoms with Crippen LogP contribution in [0.1, 0.15) is 61.6 Å². The van der Waals surface area contributed by atoms with Crippen LogP contribution in [0.2, 0.25) is 0 Å². The summed E-state index contributed by atoms with van der Waals surface area (Å²) >= 11 is 1.95. The van der Waals surface area contributed by atoms with Crippen molar-refractivity contribution >= 4 is 11.3 Å². The first-order chi connectivity index (χ1) is 8.78. The minimum atomic E-state index is 0.372. The lowest BCUT2D eigenvalue weighted by Crippen LogP contribution is -2.25. The molecule has 2 rings (SSSR count). The van der Waals surface area contributed by atoms with Crippen LogP contribution < -0.4 is 5.73 Å². The van der Waals surface area contributed by atoms with Gasteiger partial charge in [0.1, 0.15) is 0 Å². The van der Waals surface area contributed by atoms with Crippen LogP contribution in [0.3, 0.4) is 0 Å². The van der Waals surface area contributed by atoms with Crippen molar-refractivity contribution in [1.29, 1.82) is 0 Å². The number of hydrogen-bond donors (Lipinski definition) is 1. The summed E-state index contributed by atoms with van der Waals surface area (Å²) in [6.45, 7) is 2.22. The number of thiophene rings is 1. The Bertz CT molecular complexity index is 337. The Hall–Kier alpha value is -0.340. The van der Waals surface area contributed by atoms with Crippen molar-refractivity contribution in [1.82, 2.24) is 0 Å². The van der Waals surface area contributed by atoms with E-state index < -0.39 is 0 Å². The Morgan fingerprint density at radius 1 is 1.17 bits per heavy atom. The van der Waals surface area contributed by atoms with Gasteiger partial charge < -0.3 is 5.73 Å². The molecule has 18 heavy (non-hydrogen) atoms. The van der Waals surface area contributed by atoms with E-state index in [0.29, 0.717) is 6.04 Å². The van der Waals surface area contributed by atoms with Crippen LogP contribution in [0, 0.1) is 5.92 Å². The first-order valence-electron chi connectivity index (χ1n) is 7.61. The van der Waals surface area contributed by atoms with Gasteiger partial charge in [-0.05, 0) is 37.3 Å². The molecule has 0 amide bonds. The third kappa shape index (κ3) is 4.40. The van der Waals surface area contributed by atoms with Crippen LogP contribution in [-0.4, -0.2) is 6.04 Å². The lowest BCUT2D eigenvalue weighted by Gasteiger charge is -2.18. The first-order valence-corrected chi connectivity index (χ1v) is 8.42. The highest BCUT2D eigenvalue weighted by molar-refractivity contribution is 7.11. The molecule has 1 aromatic heterocycles. The van der Waals surface area contributed by atoms with Gasteiger partial charge in [0.15, 0.2) is 0 Å². The van der Waals surface area contributed by atoms with Crippen molar-refractivity contribution in [3.63, 3.8) is 0 Å². The molecule has 1 fully saturated rings. The predicted octanol–water partition coefficient (Wildman–Crippen LogP) is 4.54. The molecule has 1 saturated carbocycles. The van der Waals surface area contributed by atoms with Crippen LogP contribution in [0.5, 0.6) is 0 Å². The highest BCUT2D eigenvalue weighted by Crippen LogP contribution is 2.27. The standard InChI is InChI=1S/C16H27NS/c1-2-15-9-10-16(18-15)12-14(17)11-13-7-5-3-4-6-8-13/h9-10,13-14H,2-8,11-12,17H2,1H3. The normalized spacial score (nSPS) is 19.7. The molecule has 1 heterocycles. The highest BCUT2D eigenvalue weighted by Gasteiger charge is 2.16. The topological polar surface area (TPSA) is 26.0 Å². The van der Waals surface area contributed by atoms with Gasteiger partial charge in [-0.1, -0.05) is 45.4 Å². The van der Waals surface area contributed by atoms with Gasteiger partial charge in [0.2, 0.25) is 0 Å². The highest BCUT2D eigenvalue weighted by atomic mass is 32.1. The average Bonchev–Trinajstić information content (AvgIpc) is 2.65. The second-order valence-electron chi connectivity index (χ2n) is 5.78. The summed E-state index contributed by atoms with van der Waals surface area (Å²) in [5.41, 5.74) is 6.34. The Balaban J connectivity index is 1.78. The van der Waals surface area contributed by atoms with Crippen LogP contribution in [0.4, 0.5) is 0 Å². The lowest BCUT2D eigenvalue weighted by molar-refractivity contribution is 0.388. The quantitative estimate of drug-likeness (QED) is 0.777.